The van der Waals surface area contributed by atoms with Crippen molar-refractivity contribution >= 4 is 73.3 Å². The van der Waals surface area contributed by atoms with Gasteiger partial charge in [0.15, 0.2) is 23.6 Å². The minimum absolute atomic E-state index is 0.122. The molecule has 1 saturated heterocycles. The molecule has 0 spiro atoms. The van der Waals surface area contributed by atoms with Gasteiger partial charge in [0.2, 0.25) is 6.86 Å². The number of halogens is 1. The van der Waals surface area contributed by atoms with Crippen molar-refractivity contribution in [1.82, 2.24) is 15.2 Å². The van der Waals surface area contributed by atoms with E-state index < -0.39 is 36.1 Å². The number of rotatable bonds is 9. The lowest BCUT2D eigenvalue weighted by atomic mass is 10.0. The molecule has 38 heavy (non-hydrogen) atoms. The zero-order valence-electron chi connectivity index (χ0n) is 19.6. The first kappa shape index (κ1) is 25.9. The van der Waals surface area contributed by atoms with Crippen molar-refractivity contribution in [1.29, 1.82) is 0 Å². The van der Waals surface area contributed by atoms with Gasteiger partial charge in [0.05, 0.1) is 0 Å². The number of thiophene rings is 1. The lowest BCUT2D eigenvalue weighted by Crippen LogP contribution is -2.71. The maximum absolute atomic E-state index is 13.1. The van der Waals surface area contributed by atoms with E-state index in [1.165, 1.54) is 40.5 Å². The Morgan fingerprint density at radius 2 is 2.21 bits per heavy atom. The summed E-state index contributed by atoms with van der Waals surface area (Å²) in [7, 11) is 1.27. The summed E-state index contributed by atoms with van der Waals surface area (Å²) >= 11 is 3.80. The van der Waals surface area contributed by atoms with E-state index in [-0.39, 0.29) is 28.8 Å². The van der Waals surface area contributed by atoms with Gasteiger partial charge in [0, 0.05) is 28.2 Å². The first-order valence-corrected chi connectivity index (χ1v) is 13.8. The van der Waals surface area contributed by atoms with Crippen molar-refractivity contribution in [2.24, 2.45) is 5.16 Å². The number of hydrogen-bond acceptors (Lipinski definition) is 11. The maximum Gasteiger partial charge on any atom is 0.352 e. The van der Waals surface area contributed by atoms with Crippen LogP contribution in [0.15, 0.2) is 45.5 Å². The Bertz CT molecular complexity index is 1500. The number of nitrogen functional groups attached to an aromatic ring is 1. The number of fused-ring (bicyclic) bond motifs is 2. The molecule has 1 fully saturated rings. The highest BCUT2D eigenvalue weighted by molar-refractivity contribution is 8.00. The summed E-state index contributed by atoms with van der Waals surface area (Å²) in [6, 6.07) is 2.59. The number of oxime groups is 1. The third-order valence-electron chi connectivity index (χ3n) is 5.83. The lowest BCUT2D eigenvalue weighted by Gasteiger charge is -2.49. The number of β-lactam (4-membered cyclic amide) rings is 1. The molecular weight excluding hydrogens is 559 g/mol. The Morgan fingerprint density at radius 3 is 2.89 bits per heavy atom. The number of hydrogen-bond donors (Lipinski definition) is 3. The van der Waals surface area contributed by atoms with Gasteiger partial charge in [0.1, 0.15) is 41.1 Å². The van der Waals surface area contributed by atoms with Crippen molar-refractivity contribution < 1.29 is 38.0 Å². The van der Waals surface area contributed by atoms with Gasteiger partial charge in [-0.15, -0.1) is 23.1 Å². The van der Waals surface area contributed by atoms with E-state index in [9.17, 15) is 23.9 Å². The number of aliphatic carboxylic acids is 1. The molecule has 2 aliphatic rings. The second-order valence-electron chi connectivity index (χ2n) is 8.02. The molecule has 2 aliphatic heterocycles. The number of carbonyl (C=O) groups excluding carboxylic acids is 2. The highest BCUT2D eigenvalue weighted by Crippen LogP contribution is 2.40. The van der Waals surface area contributed by atoms with Crippen molar-refractivity contribution in [3.05, 3.63) is 46.1 Å². The molecule has 5 rings (SSSR count). The van der Waals surface area contributed by atoms with E-state index >= 15 is 0 Å². The SMILES string of the molecule is CO/N=C(\C(=O)NC1C(=O)N2C(C(=O)O)=C(C[n+]3cccc4c(OCF)csc43)CS[C@H]12)c1csc(N)n1. The van der Waals surface area contributed by atoms with Crippen LogP contribution in [-0.2, 0) is 25.8 Å². The van der Waals surface area contributed by atoms with Crippen molar-refractivity contribution in [3.63, 3.8) is 0 Å². The Balaban J connectivity index is 1.38. The molecule has 5 heterocycles. The van der Waals surface area contributed by atoms with Crippen LogP contribution in [0.4, 0.5) is 9.52 Å². The molecule has 2 atom stereocenters. The number of anilines is 1. The van der Waals surface area contributed by atoms with Gasteiger partial charge in [-0.3, -0.25) is 14.5 Å². The second-order valence-corrected chi connectivity index (χ2v) is 10.9. The standard InChI is InChI=1S/C22H19FN6O6S3/c1-34-27-14(12-7-38-22(24)25-12)17(30)26-15-18(31)29-16(21(32)33)10(6-36-20(15)29)5-28-4-2-3-11-13(35-9-23)8-37-19(11)28/h2-4,7-8,15,20H,5-6,9H2,1H3,(H3-,24,25,26,30,32,33)/p+1/b27-14-/t15?,20-/m1/s1. The van der Waals surface area contributed by atoms with Gasteiger partial charge in [-0.2, -0.15) is 4.57 Å². The summed E-state index contributed by atoms with van der Waals surface area (Å²) in [4.78, 5) is 49.0. The normalized spacial score (nSPS) is 19.3. The van der Waals surface area contributed by atoms with Gasteiger partial charge in [-0.1, -0.05) is 16.5 Å². The average molecular weight is 580 g/mol. The number of nitrogens with two attached hydrogens (primary N) is 1. The lowest BCUT2D eigenvalue weighted by molar-refractivity contribution is -0.661. The van der Waals surface area contributed by atoms with Crippen molar-refractivity contribution in [2.45, 2.75) is 18.0 Å². The number of amides is 2. The van der Waals surface area contributed by atoms with E-state index in [4.69, 9.17) is 15.3 Å². The summed E-state index contributed by atoms with van der Waals surface area (Å²) in [5, 5.41) is 19.9. The molecule has 4 N–H and O–H groups in total. The topological polar surface area (TPSA) is 160 Å². The smallest absolute Gasteiger partial charge is 0.352 e. The van der Waals surface area contributed by atoms with Gasteiger partial charge in [-0.25, -0.2) is 14.2 Å². The molecule has 3 aromatic rings. The van der Waals surface area contributed by atoms with Gasteiger partial charge >= 0.3 is 5.97 Å². The minimum Gasteiger partial charge on any atom is -0.477 e. The van der Waals surface area contributed by atoms with E-state index in [0.29, 0.717) is 22.5 Å². The molecular formula is C22H20FN6O6S3+. The number of alkyl halides is 1. The Labute approximate surface area is 226 Å². The minimum atomic E-state index is -1.25. The Morgan fingerprint density at radius 1 is 1.39 bits per heavy atom. The molecule has 3 aromatic heterocycles. The molecule has 16 heteroatoms. The van der Waals surface area contributed by atoms with Crippen LogP contribution in [0.2, 0.25) is 0 Å². The average Bonchev–Trinajstić information content (AvgIpc) is 3.52. The monoisotopic (exact) mass is 579 g/mol. The van der Waals surface area contributed by atoms with Crippen LogP contribution in [0.1, 0.15) is 5.69 Å². The fourth-order valence-electron chi connectivity index (χ4n) is 4.24. The van der Waals surface area contributed by atoms with Crippen LogP contribution in [0, 0.1) is 0 Å². The van der Waals surface area contributed by atoms with Crippen molar-refractivity contribution in [3.8, 4) is 5.75 Å². The number of carbonyl (C=O) groups is 3. The van der Waals surface area contributed by atoms with Gasteiger partial charge in [-0.05, 0) is 6.07 Å². The van der Waals surface area contributed by atoms with Crippen LogP contribution in [-0.4, -0.2) is 69.6 Å². The van der Waals surface area contributed by atoms with Gasteiger partial charge in [0.25, 0.3) is 16.6 Å². The number of aromatic nitrogens is 2. The van der Waals surface area contributed by atoms with Crippen LogP contribution in [0.25, 0.3) is 10.2 Å². The first-order chi connectivity index (χ1) is 18.3. The van der Waals surface area contributed by atoms with Crippen LogP contribution < -0.4 is 20.4 Å². The third kappa shape index (κ3) is 4.54. The molecule has 1 unspecified atom stereocenters. The van der Waals surface area contributed by atoms with Crippen LogP contribution in [0.5, 0.6) is 5.75 Å². The fraction of sp³-hybridized carbons (Fsp3) is 0.273. The van der Waals surface area contributed by atoms with E-state index in [1.807, 2.05) is 4.57 Å². The first-order valence-electron chi connectivity index (χ1n) is 11.0. The number of pyridine rings is 1. The number of thioether (sulfide) groups is 1. The predicted octanol–water partition coefficient (Wildman–Crippen LogP) is 1.32. The number of carboxylic acid groups (broad SMARTS) is 1. The number of nitrogens with zero attached hydrogens (tertiary/aromatic N) is 4. The summed E-state index contributed by atoms with van der Waals surface area (Å²) in [5.74, 6) is -1.79. The van der Waals surface area contributed by atoms with Gasteiger partial charge < -0.3 is 25.7 Å². The highest BCUT2D eigenvalue weighted by Gasteiger charge is 2.55. The number of carboxylic acids is 1. The van der Waals surface area contributed by atoms with Crippen LogP contribution in [0.3, 0.4) is 0 Å². The molecule has 0 bridgehead atoms. The number of ether oxygens (including phenoxy) is 1. The fourth-order valence-corrected chi connectivity index (χ4v) is 7.09. The third-order valence-corrected chi connectivity index (χ3v) is 8.86. The van der Waals surface area contributed by atoms with Crippen molar-refractivity contribution in [2.75, 3.05) is 25.5 Å². The summed E-state index contributed by atoms with van der Waals surface area (Å²) in [5.41, 5.74) is 6.09. The molecule has 0 saturated carbocycles. The molecule has 0 aromatic carbocycles. The summed E-state index contributed by atoms with van der Waals surface area (Å²) in [6.07, 6.45) is 1.78. The second kappa shape index (κ2) is 10.5. The molecule has 2 amide bonds. The predicted molar refractivity (Wildman–Crippen MR) is 138 cm³/mol. The molecule has 198 valence electrons. The zero-order valence-corrected chi connectivity index (χ0v) is 22.1. The largest absolute Gasteiger partial charge is 0.477 e. The van der Waals surface area contributed by atoms with E-state index in [1.54, 1.807) is 23.7 Å². The Hall–Kier alpha value is -3.76. The Kier molecular flexibility index (Phi) is 7.18. The van der Waals surface area contributed by atoms with E-state index in [2.05, 4.69) is 15.5 Å². The quantitative estimate of drug-likeness (QED) is 0.147. The molecule has 12 nitrogen and oxygen atoms in total. The maximum atomic E-state index is 13.1. The highest BCUT2D eigenvalue weighted by atomic mass is 32.2. The summed E-state index contributed by atoms with van der Waals surface area (Å²) in [6.45, 7) is -0.760. The number of nitrogens with one attached hydrogen (secondary N) is 1. The molecule has 0 radical (unpaired) electrons. The number of thiazole rings is 1. The summed E-state index contributed by atoms with van der Waals surface area (Å²) < 4.78 is 19.6. The molecule has 0 aliphatic carbocycles. The van der Waals surface area contributed by atoms with Crippen LogP contribution >= 0.6 is 34.4 Å². The zero-order chi connectivity index (χ0) is 27.0. The van der Waals surface area contributed by atoms with E-state index in [0.717, 1.165) is 16.2 Å².